The summed E-state index contributed by atoms with van der Waals surface area (Å²) in [6, 6.07) is 0.249. The van der Waals surface area contributed by atoms with Crippen LogP contribution >= 0.6 is 11.8 Å². The van der Waals surface area contributed by atoms with E-state index in [9.17, 15) is 19.2 Å². The summed E-state index contributed by atoms with van der Waals surface area (Å²) >= 11 is 1.83. The Bertz CT molecular complexity index is 502. The SMILES string of the molecule is CCCC(=O)N(C=O)OC(=O)CCCCC1SC[C@@H]2NC(=O)N[C@H]12. The number of nitrogens with zero attached hydrogens (tertiary/aromatic N) is 1. The van der Waals surface area contributed by atoms with Gasteiger partial charge in [0.05, 0.1) is 12.1 Å². The summed E-state index contributed by atoms with van der Waals surface area (Å²) < 4.78 is 0. The number of urea groups is 1. The van der Waals surface area contributed by atoms with Crippen molar-refractivity contribution >= 4 is 36.1 Å². The van der Waals surface area contributed by atoms with Gasteiger partial charge in [-0.3, -0.25) is 9.59 Å². The normalized spacial score (nSPS) is 24.7. The Hall–Kier alpha value is -1.77. The highest BCUT2D eigenvalue weighted by atomic mass is 32.2. The van der Waals surface area contributed by atoms with Crippen LogP contribution < -0.4 is 10.6 Å². The highest BCUT2D eigenvalue weighted by Gasteiger charge is 2.42. The second-order valence-electron chi connectivity index (χ2n) is 5.91. The number of carbonyl (C=O) groups excluding carboxylic acids is 4. The minimum Gasteiger partial charge on any atom is -0.332 e. The summed E-state index contributed by atoms with van der Waals surface area (Å²) in [5.41, 5.74) is 0. The first-order valence-corrected chi connectivity index (χ1v) is 9.26. The first-order valence-electron chi connectivity index (χ1n) is 8.22. The van der Waals surface area contributed by atoms with Crippen LogP contribution in [0.5, 0.6) is 0 Å². The fourth-order valence-corrected chi connectivity index (χ4v) is 4.41. The molecule has 0 aromatic heterocycles. The zero-order valence-corrected chi connectivity index (χ0v) is 14.5. The number of thioether (sulfide) groups is 1. The molecule has 9 heteroatoms. The third-order valence-electron chi connectivity index (χ3n) is 4.06. The number of fused-ring (bicyclic) bond motifs is 1. The van der Waals surface area contributed by atoms with Gasteiger partial charge in [0, 0.05) is 23.8 Å². The van der Waals surface area contributed by atoms with Crippen molar-refractivity contribution in [1.29, 1.82) is 0 Å². The summed E-state index contributed by atoms with van der Waals surface area (Å²) in [5.74, 6) is -0.192. The van der Waals surface area contributed by atoms with Crippen LogP contribution in [0, 0.1) is 0 Å². The Morgan fingerprint density at radius 3 is 2.83 bits per heavy atom. The molecule has 0 aromatic carbocycles. The minimum absolute atomic E-state index is 0.107. The summed E-state index contributed by atoms with van der Waals surface area (Å²) in [4.78, 5) is 50.1. The average Bonchev–Trinajstić information content (AvgIpc) is 3.09. The summed E-state index contributed by atoms with van der Waals surface area (Å²) in [6.07, 6.45) is 3.44. The van der Waals surface area contributed by atoms with E-state index in [-0.39, 0.29) is 37.4 Å². The molecule has 2 heterocycles. The number of amides is 4. The fraction of sp³-hybridized carbons (Fsp3) is 0.733. The Kier molecular flexibility index (Phi) is 6.89. The monoisotopic (exact) mass is 357 g/mol. The lowest BCUT2D eigenvalue weighted by molar-refractivity contribution is -0.196. The molecule has 2 saturated heterocycles. The van der Waals surface area contributed by atoms with Crippen molar-refractivity contribution in [3.05, 3.63) is 0 Å². The molecule has 2 aliphatic rings. The van der Waals surface area contributed by atoms with Gasteiger partial charge in [-0.05, 0) is 19.3 Å². The van der Waals surface area contributed by atoms with Gasteiger partial charge in [0.1, 0.15) is 0 Å². The second-order valence-corrected chi connectivity index (χ2v) is 7.18. The van der Waals surface area contributed by atoms with Crippen molar-refractivity contribution in [2.24, 2.45) is 0 Å². The van der Waals surface area contributed by atoms with Gasteiger partial charge < -0.3 is 15.5 Å². The largest absolute Gasteiger partial charge is 0.333 e. The molecule has 2 fully saturated rings. The quantitative estimate of drug-likeness (QED) is 0.290. The Morgan fingerprint density at radius 1 is 1.33 bits per heavy atom. The van der Waals surface area contributed by atoms with Gasteiger partial charge >= 0.3 is 12.0 Å². The van der Waals surface area contributed by atoms with Gasteiger partial charge in [0.2, 0.25) is 0 Å². The number of hydrogen-bond donors (Lipinski definition) is 2. The van der Waals surface area contributed by atoms with Gasteiger partial charge in [-0.25, -0.2) is 9.59 Å². The van der Waals surface area contributed by atoms with E-state index in [1.807, 2.05) is 11.8 Å². The molecule has 8 nitrogen and oxygen atoms in total. The molecule has 0 spiro atoms. The number of imide groups is 1. The summed E-state index contributed by atoms with van der Waals surface area (Å²) in [5, 5.41) is 6.64. The van der Waals surface area contributed by atoms with Crippen molar-refractivity contribution in [2.45, 2.75) is 62.8 Å². The van der Waals surface area contributed by atoms with Gasteiger partial charge in [-0.2, -0.15) is 11.8 Å². The van der Waals surface area contributed by atoms with E-state index in [4.69, 9.17) is 4.84 Å². The van der Waals surface area contributed by atoms with Crippen LogP contribution in [-0.4, -0.2) is 52.5 Å². The maximum Gasteiger partial charge on any atom is 0.333 e. The predicted octanol–water partition coefficient (Wildman–Crippen LogP) is 0.956. The predicted molar refractivity (Wildman–Crippen MR) is 87.9 cm³/mol. The maximum atomic E-state index is 11.7. The van der Waals surface area contributed by atoms with E-state index < -0.39 is 11.9 Å². The first kappa shape index (κ1) is 18.6. The highest BCUT2D eigenvalue weighted by molar-refractivity contribution is 8.00. The first-order chi connectivity index (χ1) is 11.5. The van der Waals surface area contributed by atoms with Crippen LogP contribution in [0.4, 0.5) is 4.79 Å². The van der Waals surface area contributed by atoms with Crippen molar-refractivity contribution in [2.75, 3.05) is 5.75 Å². The van der Waals surface area contributed by atoms with Crippen molar-refractivity contribution in [1.82, 2.24) is 15.7 Å². The third-order valence-corrected chi connectivity index (χ3v) is 5.57. The van der Waals surface area contributed by atoms with E-state index >= 15 is 0 Å². The fourth-order valence-electron chi connectivity index (χ4n) is 2.87. The van der Waals surface area contributed by atoms with Crippen LogP contribution in [0.15, 0.2) is 0 Å². The molecule has 0 aliphatic carbocycles. The molecular formula is C15H23N3O5S. The average molecular weight is 357 g/mol. The van der Waals surface area contributed by atoms with E-state index in [0.717, 1.165) is 18.6 Å². The number of rotatable bonds is 8. The van der Waals surface area contributed by atoms with Crippen LogP contribution in [0.1, 0.15) is 45.4 Å². The molecule has 2 rings (SSSR count). The Balaban J connectivity index is 1.63. The van der Waals surface area contributed by atoms with E-state index in [2.05, 4.69) is 10.6 Å². The van der Waals surface area contributed by atoms with E-state index in [1.54, 1.807) is 6.92 Å². The van der Waals surface area contributed by atoms with Crippen LogP contribution in [-0.2, 0) is 19.2 Å². The zero-order valence-electron chi connectivity index (χ0n) is 13.7. The molecule has 2 aliphatic heterocycles. The van der Waals surface area contributed by atoms with Gasteiger partial charge in [-0.15, -0.1) is 5.06 Å². The standard InChI is InChI=1S/C15H23N3O5S/c1-2-5-12(20)18(9-19)23-13(21)7-4-3-6-11-14-10(8-24-11)16-15(22)17-14/h9-11,14H,2-8H2,1H3,(H2,16,17,22)/t10-,11?,14-/m0/s1. The van der Waals surface area contributed by atoms with Gasteiger partial charge in [0.25, 0.3) is 12.3 Å². The minimum atomic E-state index is -0.584. The number of hydrogen-bond acceptors (Lipinski definition) is 6. The lowest BCUT2D eigenvalue weighted by Crippen LogP contribution is -2.36. The lowest BCUT2D eigenvalue weighted by atomic mass is 10.0. The molecule has 0 radical (unpaired) electrons. The van der Waals surface area contributed by atoms with Crippen molar-refractivity contribution in [3.8, 4) is 0 Å². The van der Waals surface area contributed by atoms with Crippen LogP contribution in [0.3, 0.4) is 0 Å². The molecule has 3 atom stereocenters. The zero-order chi connectivity index (χ0) is 17.5. The molecule has 2 N–H and O–H groups in total. The molecule has 4 amide bonds. The topological polar surface area (TPSA) is 105 Å². The van der Waals surface area contributed by atoms with E-state index in [0.29, 0.717) is 23.2 Å². The Labute approximate surface area is 145 Å². The van der Waals surface area contributed by atoms with Gasteiger partial charge in [-0.1, -0.05) is 13.3 Å². The van der Waals surface area contributed by atoms with Crippen molar-refractivity contribution in [3.63, 3.8) is 0 Å². The molecule has 24 heavy (non-hydrogen) atoms. The number of unbranched alkanes of at least 4 members (excludes halogenated alkanes) is 1. The number of carbonyl (C=O) groups is 4. The number of nitrogens with one attached hydrogen (secondary N) is 2. The second kappa shape index (κ2) is 8.91. The Morgan fingerprint density at radius 2 is 2.12 bits per heavy atom. The van der Waals surface area contributed by atoms with Crippen LogP contribution in [0.2, 0.25) is 0 Å². The maximum absolute atomic E-state index is 11.7. The molecule has 0 saturated carbocycles. The molecular weight excluding hydrogens is 334 g/mol. The summed E-state index contributed by atoms with van der Waals surface area (Å²) in [7, 11) is 0. The molecule has 134 valence electrons. The third kappa shape index (κ3) is 4.86. The number of hydroxylamine groups is 2. The summed E-state index contributed by atoms with van der Waals surface area (Å²) in [6.45, 7) is 1.80. The highest BCUT2D eigenvalue weighted by Crippen LogP contribution is 2.33. The van der Waals surface area contributed by atoms with Gasteiger partial charge in [0.15, 0.2) is 0 Å². The van der Waals surface area contributed by atoms with Crippen LogP contribution in [0.25, 0.3) is 0 Å². The molecule has 1 unspecified atom stereocenters. The van der Waals surface area contributed by atoms with Crippen molar-refractivity contribution < 1.29 is 24.0 Å². The van der Waals surface area contributed by atoms with E-state index in [1.165, 1.54) is 0 Å². The molecule has 0 bridgehead atoms. The molecule has 0 aromatic rings. The smallest absolute Gasteiger partial charge is 0.332 e. The lowest BCUT2D eigenvalue weighted by Gasteiger charge is -2.16.